The molecule has 0 radical (unpaired) electrons. The SMILES string of the molecule is COc1ccccc1NC(=O)COc1ccc2c(=O)c(Oc3ccc(-c4ccccc4)cc3)coc2c1. The predicted octanol–water partition coefficient (Wildman–Crippen LogP) is 6.28. The van der Waals surface area contributed by atoms with Crippen LogP contribution in [0.2, 0.25) is 0 Å². The summed E-state index contributed by atoms with van der Waals surface area (Å²) in [4.78, 5) is 25.3. The normalized spacial score (nSPS) is 10.6. The molecule has 0 unspecified atom stereocenters. The molecule has 0 spiro atoms. The lowest BCUT2D eigenvalue weighted by molar-refractivity contribution is -0.118. The molecule has 7 nitrogen and oxygen atoms in total. The zero-order valence-corrected chi connectivity index (χ0v) is 20.0. The van der Waals surface area contributed by atoms with Crippen molar-refractivity contribution in [3.05, 3.63) is 114 Å². The third-order valence-corrected chi connectivity index (χ3v) is 5.65. The molecule has 0 aliphatic heterocycles. The molecule has 1 heterocycles. The summed E-state index contributed by atoms with van der Waals surface area (Å²) in [5, 5.41) is 3.08. The van der Waals surface area contributed by atoms with Gasteiger partial charge in [-0.2, -0.15) is 0 Å². The third-order valence-electron chi connectivity index (χ3n) is 5.65. The van der Waals surface area contributed by atoms with Crippen molar-refractivity contribution in [3.63, 3.8) is 0 Å². The molecule has 7 heteroatoms. The summed E-state index contributed by atoms with van der Waals surface area (Å²) in [6.07, 6.45) is 1.27. The van der Waals surface area contributed by atoms with E-state index in [2.05, 4.69) is 5.32 Å². The molecule has 0 fully saturated rings. The van der Waals surface area contributed by atoms with Gasteiger partial charge in [0.25, 0.3) is 5.91 Å². The van der Waals surface area contributed by atoms with Gasteiger partial charge in [0.05, 0.1) is 18.2 Å². The Morgan fingerprint density at radius 3 is 2.30 bits per heavy atom. The molecule has 1 N–H and O–H groups in total. The summed E-state index contributed by atoms with van der Waals surface area (Å²) >= 11 is 0. The molecule has 37 heavy (non-hydrogen) atoms. The molecule has 0 saturated heterocycles. The van der Waals surface area contributed by atoms with E-state index in [0.29, 0.717) is 33.9 Å². The Kier molecular flexibility index (Phi) is 6.85. The van der Waals surface area contributed by atoms with Crippen molar-refractivity contribution in [3.8, 4) is 34.1 Å². The van der Waals surface area contributed by atoms with Crippen LogP contribution in [0.1, 0.15) is 0 Å². The van der Waals surface area contributed by atoms with Crippen molar-refractivity contribution < 1.29 is 23.4 Å². The minimum absolute atomic E-state index is 0.0739. The van der Waals surface area contributed by atoms with Crippen molar-refractivity contribution in [1.82, 2.24) is 0 Å². The quantitative estimate of drug-likeness (QED) is 0.274. The average molecular weight is 494 g/mol. The minimum Gasteiger partial charge on any atom is -0.495 e. The molecular weight excluding hydrogens is 470 g/mol. The Hall–Kier alpha value is -5.04. The molecule has 0 bridgehead atoms. The van der Waals surface area contributed by atoms with Crippen LogP contribution in [0.3, 0.4) is 0 Å². The van der Waals surface area contributed by atoms with Crippen LogP contribution in [0.4, 0.5) is 5.69 Å². The first-order valence-electron chi connectivity index (χ1n) is 11.6. The van der Waals surface area contributed by atoms with Crippen LogP contribution < -0.4 is 25.0 Å². The molecule has 0 aliphatic carbocycles. The maximum absolute atomic E-state index is 13.0. The maximum atomic E-state index is 13.0. The number of fused-ring (bicyclic) bond motifs is 1. The van der Waals surface area contributed by atoms with Gasteiger partial charge < -0.3 is 23.9 Å². The second-order valence-electron chi connectivity index (χ2n) is 8.12. The van der Waals surface area contributed by atoms with Gasteiger partial charge in [0.15, 0.2) is 6.61 Å². The molecule has 1 aromatic heterocycles. The van der Waals surface area contributed by atoms with E-state index in [0.717, 1.165) is 11.1 Å². The van der Waals surface area contributed by atoms with Crippen molar-refractivity contribution in [2.24, 2.45) is 0 Å². The van der Waals surface area contributed by atoms with Gasteiger partial charge in [-0.15, -0.1) is 0 Å². The van der Waals surface area contributed by atoms with Gasteiger partial charge >= 0.3 is 0 Å². The van der Waals surface area contributed by atoms with Crippen LogP contribution in [0.15, 0.2) is 113 Å². The van der Waals surface area contributed by atoms with Crippen molar-refractivity contribution >= 4 is 22.6 Å². The number of methoxy groups -OCH3 is 1. The average Bonchev–Trinajstić information content (AvgIpc) is 2.94. The van der Waals surface area contributed by atoms with E-state index in [-0.39, 0.29) is 23.7 Å². The summed E-state index contributed by atoms with van der Waals surface area (Å²) in [5.74, 6) is 1.18. The van der Waals surface area contributed by atoms with E-state index in [1.807, 2.05) is 48.5 Å². The molecular formula is C30H23NO6. The highest BCUT2D eigenvalue weighted by molar-refractivity contribution is 5.93. The Morgan fingerprint density at radius 2 is 1.51 bits per heavy atom. The monoisotopic (exact) mass is 493 g/mol. The lowest BCUT2D eigenvalue weighted by atomic mass is 10.1. The van der Waals surface area contributed by atoms with Gasteiger partial charge in [0.2, 0.25) is 11.2 Å². The van der Waals surface area contributed by atoms with Crippen LogP contribution in [0.25, 0.3) is 22.1 Å². The van der Waals surface area contributed by atoms with Crippen molar-refractivity contribution in [1.29, 1.82) is 0 Å². The number of hydrogen-bond acceptors (Lipinski definition) is 6. The van der Waals surface area contributed by atoms with Crippen LogP contribution in [0, 0.1) is 0 Å². The van der Waals surface area contributed by atoms with Crippen LogP contribution in [0.5, 0.6) is 23.0 Å². The molecule has 0 saturated carbocycles. The molecule has 5 rings (SSSR count). The first-order chi connectivity index (χ1) is 18.1. The van der Waals surface area contributed by atoms with Gasteiger partial charge in [0, 0.05) is 6.07 Å². The van der Waals surface area contributed by atoms with Gasteiger partial charge in [0.1, 0.15) is 29.1 Å². The van der Waals surface area contributed by atoms with E-state index in [4.69, 9.17) is 18.6 Å². The lowest BCUT2D eigenvalue weighted by Gasteiger charge is -2.11. The zero-order valence-electron chi connectivity index (χ0n) is 20.0. The summed E-state index contributed by atoms with van der Waals surface area (Å²) in [7, 11) is 1.53. The molecule has 0 aliphatic rings. The number of para-hydroxylation sites is 2. The number of carbonyl (C=O) groups excluding carboxylic acids is 1. The van der Waals surface area contributed by atoms with Gasteiger partial charge in [-0.3, -0.25) is 9.59 Å². The number of anilines is 1. The van der Waals surface area contributed by atoms with E-state index >= 15 is 0 Å². The number of carbonyl (C=O) groups is 1. The molecule has 184 valence electrons. The van der Waals surface area contributed by atoms with E-state index in [1.165, 1.54) is 13.4 Å². The maximum Gasteiger partial charge on any atom is 0.262 e. The molecule has 0 atom stereocenters. The smallest absolute Gasteiger partial charge is 0.262 e. The van der Waals surface area contributed by atoms with Crippen molar-refractivity contribution in [2.45, 2.75) is 0 Å². The molecule has 4 aromatic carbocycles. The number of hydrogen-bond donors (Lipinski definition) is 1. The molecule has 1 amide bonds. The summed E-state index contributed by atoms with van der Waals surface area (Å²) in [5.41, 5.74) is 2.69. The fraction of sp³-hybridized carbons (Fsp3) is 0.0667. The minimum atomic E-state index is -0.354. The number of nitrogens with one attached hydrogen (secondary N) is 1. The largest absolute Gasteiger partial charge is 0.495 e. The standard InChI is InChI=1S/C30H23NO6/c1-34-26-10-6-5-9-25(26)31-29(32)19-35-23-15-16-24-27(17-23)36-18-28(30(24)33)37-22-13-11-21(12-14-22)20-7-3-2-4-8-20/h2-18H,19H2,1H3,(H,31,32). The zero-order chi connectivity index (χ0) is 25.6. The highest BCUT2D eigenvalue weighted by atomic mass is 16.5. The van der Waals surface area contributed by atoms with E-state index in [1.54, 1.807) is 48.5 Å². The van der Waals surface area contributed by atoms with Crippen molar-refractivity contribution in [2.75, 3.05) is 19.0 Å². The fourth-order valence-electron chi connectivity index (χ4n) is 3.81. The highest BCUT2D eigenvalue weighted by Crippen LogP contribution is 2.27. The summed E-state index contributed by atoms with van der Waals surface area (Å²) < 4.78 is 22.3. The van der Waals surface area contributed by atoms with Gasteiger partial charge in [-0.05, 0) is 47.5 Å². The topological polar surface area (TPSA) is 87.0 Å². The first kappa shape index (κ1) is 23.7. The lowest BCUT2D eigenvalue weighted by Crippen LogP contribution is -2.20. The van der Waals surface area contributed by atoms with E-state index < -0.39 is 0 Å². The summed E-state index contributed by atoms with van der Waals surface area (Å²) in [6, 6.07) is 29.3. The summed E-state index contributed by atoms with van der Waals surface area (Å²) in [6.45, 7) is -0.228. The number of amides is 1. The Morgan fingerprint density at radius 1 is 0.811 bits per heavy atom. The fourth-order valence-corrected chi connectivity index (χ4v) is 3.81. The van der Waals surface area contributed by atoms with E-state index in [9.17, 15) is 9.59 Å². The number of ether oxygens (including phenoxy) is 3. The first-order valence-corrected chi connectivity index (χ1v) is 11.6. The third kappa shape index (κ3) is 5.46. The Bertz CT molecular complexity index is 1590. The Labute approximate surface area is 212 Å². The second-order valence-corrected chi connectivity index (χ2v) is 8.12. The van der Waals surface area contributed by atoms with Crippen LogP contribution in [-0.2, 0) is 4.79 Å². The van der Waals surface area contributed by atoms with Gasteiger partial charge in [-0.25, -0.2) is 0 Å². The predicted molar refractivity (Wildman–Crippen MR) is 142 cm³/mol. The van der Waals surface area contributed by atoms with Crippen LogP contribution in [-0.4, -0.2) is 19.6 Å². The number of benzene rings is 4. The van der Waals surface area contributed by atoms with Crippen LogP contribution >= 0.6 is 0 Å². The highest BCUT2D eigenvalue weighted by Gasteiger charge is 2.12. The van der Waals surface area contributed by atoms with Gasteiger partial charge in [-0.1, -0.05) is 54.6 Å². The Balaban J connectivity index is 1.25. The number of rotatable bonds is 8. The second kappa shape index (κ2) is 10.7. The molecule has 5 aromatic rings.